The van der Waals surface area contributed by atoms with Gasteiger partial charge >= 0.3 is 0 Å². The molecule has 1 amide bonds. The van der Waals surface area contributed by atoms with E-state index >= 15 is 0 Å². The van der Waals surface area contributed by atoms with Gasteiger partial charge < -0.3 is 10.6 Å². The van der Waals surface area contributed by atoms with Gasteiger partial charge in [-0.25, -0.2) is 0 Å². The first-order chi connectivity index (χ1) is 9.60. The summed E-state index contributed by atoms with van der Waals surface area (Å²) < 4.78 is 0. The predicted octanol–water partition coefficient (Wildman–Crippen LogP) is 3.79. The number of hydrogen-bond donors (Lipinski definition) is 1. The van der Waals surface area contributed by atoms with Crippen LogP contribution in [0.2, 0.25) is 0 Å². The minimum Gasteiger partial charge on any atom is -0.390 e. The first kappa shape index (κ1) is 14.6. The highest BCUT2D eigenvalue weighted by Gasteiger charge is 2.23. The Labute approximate surface area is 124 Å². The van der Waals surface area contributed by atoms with Crippen LogP contribution >= 0.6 is 11.3 Å². The van der Waals surface area contributed by atoms with Crippen LogP contribution in [0.25, 0.3) is 10.4 Å². The predicted molar refractivity (Wildman–Crippen MR) is 86.2 cm³/mol. The van der Waals surface area contributed by atoms with Crippen molar-refractivity contribution in [1.29, 1.82) is 0 Å². The van der Waals surface area contributed by atoms with E-state index < -0.39 is 0 Å². The summed E-state index contributed by atoms with van der Waals surface area (Å²) in [5, 5.41) is 0.609. The Kier molecular flexibility index (Phi) is 4.45. The highest BCUT2D eigenvalue weighted by Crippen LogP contribution is 2.38. The van der Waals surface area contributed by atoms with E-state index in [4.69, 9.17) is 5.73 Å². The summed E-state index contributed by atoms with van der Waals surface area (Å²) in [6, 6.07) is 10.1. The van der Waals surface area contributed by atoms with Crippen LogP contribution in [0, 0.1) is 6.92 Å². The van der Waals surface area contributed by atoms with Crippen LogP contribution in [0.15, 0.2) is 30.3 Å². The molecule has 0 aliphatic heterocycles. The number of hydrogen-bond acceptors (Lipinski definition) is 3. The third-order valence-corrected chi connectivity index (χ3v) is 4.64. The van der Waals surface area contributed by atoms with Crippen molar-refractivity contribution in [3.63, 3.8) is 0 Å². The smallest absolute Gasteiger partial charge is 0.257 e. The zero-order valence-corrected chi connectivity index (χ0v) is 13.0. The third-order valence-electron chi connectivity index (χ3n) is 3.47. The molecular weight excluding hydrogens is 268 g/mol. The van der Waals surface area contributed by atoms with E-state index in [1.165, 1.54) is 11.3 Å². The zero-order valence-electron chi connectivity index (χ0n) is 12.1. The molecule has 4 heteroatoms. The van der Waals surface area contributed by atoms with Gasteiger partial charge in [-0.3, -0.25) is 4.79 Å². The molecule has 106 valence electrons. The maximum absolute atomic E-state index is 12.5. The molecule has 2 rings (SSSR count). The molecule has 0 saturated heterocycles. The summed E-state index contributed by atoms with van der Waals surface area (Å²) in [6.07, 6.45) is 0. The summed E-state index contributed by atoms with van der Waals surface area (Å²) in [4.78, 5) is 15.4. The molecule has 2 N–H and O–H groups in total. The number of nitrogens with zero attached hydrogens (tertiary/aromatic N) is 1. The first-order valence-corrected chi connectivity index (χ1v) is 7.65. The molecule has 0 radical (unpaired) electrons. The standard InChI is InChI=1S/C16H20N2OS/c1-4-18(5-2)16(19)13-11(3)14(20-15(13)17)12-9-7-6-8-10-12/h6-10H,4-5,17H2,1-3H3. The molecule has 0 aliphatic carbocycles. The van der Waals surface area contributed by atoms with Gasteiger partial charge in [0.1, 0.15) is 0 Å². The van der Waals surface area contributed by atoms with E-state index in [9.17, 15) is 4.79 Å². The zero-order chi connectivity index (χ0) is 14.7. The number of carbonyl (C=O) groups is 1. The largest absolute Gasteiger partial charge is 0.390 e. The summed E-state index contributed by atoms with van der Waals surface area (Å²) in [7, 11) is 0. The number of benzene rings is 1. The molecule has 1 aromatic carbocycles. The first-order valence-electron chi connectivity index (χ1n) is 6.83. The Morgan fingerprint density at radius 1 is 1.20 bits per heavy atom. The molecule has 0 spiro atoms. The van der Waals surface area contributed by atoms with Crippen molar-refractivity contribution in [2.45, 2.75) is 20.8 Å². The highest BCUT2D eigenvalue weighted by atomic mass is 32.1. The quantitative estimate of drug-likeness (QED) is 0.930. The average molecular weight is 288 g/mol. The molecule has 0 unspecified atom stereocenters. The van der Waals surface area contributed by atoms with Gasteiger partial charge in [-0.1, -0.05) is 30.3 Å². The Bertz CT molecular complexity index is 600. The van der Waals surface area contributed by atoms with Gasteiger partial charge in [0.25, 0.3) is 5.91 Å². The Morgan fingerprint density at radius 3 is 2.35 bits per heavy atom. The van der Waals surface area contributed by atoms with E-state index in [1.807, 2.05) is 51.1 Å². The SMILES string of the molecule is CCN(CC)C(=O)c1c(N)sc(-c2ccccc2)c1C. The van der Waals surface area contributed by atoms with Gasteiger partial charge in [-0.2, -0.15) is 0 Å². The number of thiophene rings is 1. The van der Waals surface area contributed by atoms with Crippen LogP contribution in [-0.4, -0.2) is 23.9 Å². The molecule has 1 aromatic heterocycles. The van der Waals surface area contributed by atoms with E-state index in [0.717, 1.165) is 16.0 Å². The fraction of sp³-hybridized carbons (Fsp3) is 0.312. The molecule has 0 aliphatic rings. The molecule has 20 heavy (non-hydrogen) atoms. The Hall–Kier alpha value is -1.81. The van der Waals surface area contributed by atoms with Crippen LogP contribution in [0.3, 0.4) is 0 Å². The molecule has 0 saturated carbocycles. The normalized spacial score (nSPS) is 10.6. The Balaban J connectivity index is 2.47. The second-order valence-corrected chi connectivity index (χ2v) is 5.69. The number of nitrogens with two attached hydrogens (primary N) is 1. The number of carbonyl (C=O) groups excluding carboxylic acids is 1. The number of nitrogen functional groups attached to an aromatic ring is 1. The van der Waals surface area contributed by atoms with Gasteiger partial charge in [0, 0.05) is 18.0 Å². The Morgan fingerprint density at radius 2 is 1.80 bits per heavy atom. The number of amides is 1. The van der Waals surface area contributed by atoms with E-state index in [0.29, 0.717) is 23.7 Å². The van der Waals surface area contributed by atoms with E-state index in [1.54, 1.807) is 4.90 Å². The van der Waals surface area contributed by atoms with Crippen LogP contribution in [0.5, 0.6) is 0 Å². The molecule has 2 aromatic rings. The monoisotopic (exact) mass is 288 g/mol. The van der Waals surface area contributed by atoms with Crippen molar-refractivity contribution in [3.8, 4) is 10.4 Å². The van der Waals surface area contributed by atoms with Crippen LogP contribution in [-0.2, 0) is 0 Å². The van der Waals surface area contributed by atoms with Crippen molar-refractivity contribution in [3.05, 3.63) is 41.5 Å². The van der Waals surface area contributed by atoms with Crippen molar-refractivity contribution in [2.75, 3.05) is 18.8 Å². The minimum atomic E-state index is 0.0310. The molecule has 0 bridgehead atoms. The second-order valence-electron chi connectivity index (χ2n) is 4.64. The van der Waals surface area contributed by atoms with Crippen molar-refractivity contribution < 1.29 is 4.79 Å². The lowest BCUT2D eigenvalue weighted by Gasteiger charge is -2.19. The summed E-state index contributed by atoms with van der Waals surface area (Å²) in [5.41, 5.74) is 8.86. The summed E-state index contributed by atoms with van der Waals surface area (Å²) in [6.45, 7) is 7.34. The molecule has 0 fully saturated rings. The minimum absolute atomic E-state index is 0.0310. The number of anilines is 1. The fourth-order valence-corrected chi connectivity index (χ4v) is 3.41. The van der Waals surface area contributed by atoms with Crippen molar-refractivity contribution in [2.24, 2.45) is 0 Å². The van der Waals surface area contributed by atoms with Gasteiger partial charge in [-0.15, -0.1) is 11.3 Å². The third kappa shape index (κ3) is 2.56. The van der Waals surface area contributed by atoms with Gasteiger partial charge in [0.15, 0.2) is 0 Å². The lowest BCUT2D eigenvalue weighted by molar-refractivity contribution is 0.0774. The molecule has 1 heterocycles. The van der Waals surface area contributed by atoms with E-state index in [-0.39, 0.29) is 5.91 Å². The van der Waals surface area contributed by atoms with Crippen LogP contribution < -0.4 is 5.73 Å². The highest BCUT2D eigenvalue weighted by molar-refractivity contribution is 7.19. The van der Waals surface area contributed by atoms with Crippen LogP contribution in [0.4, 0.5) is 5.00 Å². The molecular formula is C16H20N2OS. The van der Waals surface area contributed by atoms with Gasteiger partial charge in [0.2, 0.25) is 0 Å². The van der Waals surface area contributed by atoms with E-state index in [2.05, 4.69) is 0 Å². The van der Waals surface area contributed by atoms with Crippen molar-refractivity contribution in [1.82, 2.24) is 4.90 Å². The average Bonchev–Trinajstić information content (AvgIpc) is 2.76. The van der Waals surface area contributed by atoms with Gasteiger partial charge in [0.05, 0.1) is 10.6 Å². The summed E-state index contributed by atoms with van der Waals surface area (Å²) in [5.74, 6) is 0.0310. The lowest BCUT2D eigenvalue weighted by Crippen LogP contribution is -2.31. The number of rotatable bonds is 4. The second kappa shape index (κ2) is 6.09. The van der Waals surface area contributed by atoms with Crippen LogP contribution in [0.1, 0.15) is 29.8 Å². The molecule has 3 nitrogen and oxygen atoms in total. The van der Waals surface area contributed by atoms with Crippen molar-refractivity contribution >= 4 is 22.2 Å². The maximum atomic E-state index is 12.5. The maximum Gasteiger partial charge on any atom is 0.257 e. The lowest BCUT2D eigenvalue weighted by atomic mass is 10.1. The van der Waals surface area contributed by atoms with Gasteiger partial charge in [-0.05, 0) is 31.9 Å². The fourth-order valence-electron chi connectivity index (χ4n) is 2.34. The topological polar surface area (TPSA) is 46.3 Å². The summed E-state index contributed by atoms with van der Waals surface area (Å²) >= 11 is 1.49. The molecule has 0 atom stereocenters.